The minimum atomic E-state index is -1.16. The molecule has 0 saturated carbocycles. The van der Waals surface area contributed by atoms with E-state index in [0.29, 0.717) is 11.4 Å². The summed E-state index contributed by atoms with van der Waals surface area (Å²) in [6, 6.07) is 12.6. The first kappa shape index (κ1) is 13.4. The van der Waals surface area contributed by atoms with Gasteiger partial charge in [0.1, 0.15) is 17.1 Å². The van der Waals surface area contributed by atoms with Crippen LogP contribution in [0, 0.1) is 0 Å². The second-order valence-corrected chi connectivity index (χ2v) is 3.42. The van der Waals surface area contributed by atoms with E-state index in [2.05, 4.69) is 0 Å². The van der Waals surface area contributed by atoms with Crippen LogP contribution in [0.1, 0.15) is 10.4 Å². The molecule has 0 aliphatic rings. The van der Waals surface area contributed by atoms with Crippen LogP contribution < -0.4 is 5.73 Å². The zero-order valence-electron chi connectivity index (χ0n) is 9.45. The standard InChI is InChI=1S/C7H7NO3.C6H6O/c8-4-1-2-5(7(10)11)6(9)3-4;7-6-4-2-1-3-5-6/h1-3,9H,8H2,(H,10,11);1-5,7H. The van der Waals surface area contributed by atoms with Gasteiger partial charge in [0.05, 0.1) is 0 Å². The van der Waals surface area contributed by atoms with Gasteiger partial charge in [0.25, 0.3) is 0 Å². The number of hydrogen-bond acceptors (Lipinski definition) is 4. The molecule has 0 atom stereocenters. The molecule has 0 aromatic heterocycles. The largest absolute Gasteiger partial charge is 0.508 e. The maximum atomic E-state index is 10.3. The average molecular weight is 247 g/mol. The molecule has 18 heavy (non-hydrogen) atoms. The highest BCUT2D eigenvalue weighted by atomic mass is 16.4. The lowest BCUT2D eigenvalue weighted by molar-refractivity contribution is 0.0694. The van der Waals surface area contributed by atoms with E-state index < -0.39 is 5.97 Å². The number of aromatic hydroxyl groups is 2. The minimum Gasteiger partial charge on any atom is -0.508 e. The van der Waals surface area contributed by atoms with E-state index in [1.165, 1.54) is 18.2 Å². The van der Waals surface area contributed by atoms with Crippen molar-refractivity contribution in [3.8, 4) is 11.5 Å². The number of phenols is 2. The molecule has 0 aliphatic carbocycles. The Morgan fingerprint density at radius 2 is 1.61 bits per heavy atom. The van der Waals surface area contributed by atoms with Gasteiger partial charge in [-0.05, 0) is 24.3 Å². The minimum absolute atomic E-state index is 0.140. The summed E-state index contributed by atoms with van der Waals surface area (Å²) < 4.78 is 0. The number of nitrogens with two attached hydrogens (primary N) is 1. The normalized spacial score (nSPS) is 9.11. The third kappa shape index (κ3) is 4.05. The number of carboxylic acid groups (broad SMARTS) is 1. The van der Waals surface area contributed by atoms with Crippen molar-refractivity contribution in [3.05, 3.63) is 54.1 Å². The van der Waals surface area contributed by atoms with Gasteiger partial charge in [-0.15, -0.1) is 0 Å². The van der Waals surface area contributed by atoms with Crippen molar-refractivity contribution in [3.63, 3.8) is 0 Å². The number of nitrogen functional groups attached to an aromatic ring is 1. The van der Waals surface area contributed by atoms with E-state index in [1.807, 2.05) is 6.07 Å². The Kier molecular flexibility index (Phi) is 4.57. The Morgan fingerprint density at radius 1 is 1.00 bits per heavy atom. The van der Waals surface area contributed by atoms with E-state index in [1.54, 1.807) is 24.3 Å². The molecule has 0 spiro atoms. The lowest BCUT2D eigenvalue weighted by Gasteiger charge is -1.98. The van der Waals surface area contributed by atoms with Crippen LogP contribution in [0.25, 0.3) is 0 Å². The molecule has 2 aromatic rings. The molecule has 0 fully saturated rings. The average Bonchev–Trinajstić information content (AvgIpc) is 2.30. The van der Waals surface area contributed by atoms with Crippen LogP contribution in [0.2, 0.25) is 0 Å². The predicted molar refractivity (Wildman–Crippen MR) is 67.6 cm³/mol. The van der Waals surface area contributed by atoms with Crippen molar-refractivity contribution in [1.29, 1.82) is 0 Å². The maximum Gasteiger partial charge on any atom is 0.339 e. The van der Waals surface area contributed by atoms with Gasteiger partial charge >= 0.3 is 5.97 Å². The zero-order valence-corrected chi connectivity index (χ0v) is 9.45. The van der Waals surface area contributed by atoms with E-state index in [-0.39, 0.29) is 11.3 Å². The van der Waals surface area contributed by atoms with Gasteiger partial charge in [-0.2, -0.15) is 0 Å². The van der Waals surface area contributed by atoms with Crippen LogP contribution in [0.15, 0.2) is 48.5 Å². The molecule has 5 N–H and O–H groups in total. The number of carboxylic acids is 1. The fraction of sp³-hybridized carbons (Fsp3) is 0. The third-order valence-corrected chi connectivity index (χ3v) is 2.01. The van der Waals surface area contributed by atoms with Crippen LogP contribution in [-0.4, -0.2) is 21.3 Å². The number of phenolic OH excluding ortho intramolecular Hbond substituents is 1. The van der Waals surface area contributed by atoms with Gasteiger partial charge in [-0.1, -0.05) is 18.2 Å². The fourth-order valence-electron chi connectivity index (χ4n) is 1.16. The molecule has 0 amide bonds. The van der Waals surface area contributed by atoms with Crippen molar-refractivity contribution < 1.29 is 20.1 Å². The molecule has 0 unspecified atom stereocenters. The molecule has 0 bridgehead atoms. The van der Waals surface area contributed by atoms with E-state index in [4.69, 9.17) is 21.1 Å². The Morgan fingerprint density at radius 3 is 2.00 bits per heavy atom. The van der Waals surface area contributed by atoms with Crippen LogP contribution in [0.5, 0.6) is 11.5 Å². The second-order valence-electron chi connectivity index (χ2n) is 3.42. The lowest BCUT2D eigenvalue weighted by atomic mass is 10.2. The summed E-state index contributed by atoms with van der Waals surface area (Å²) in [5.74, 6) is -1.15. The summed E-state index contributed by atoms with van der Waals surface area (Å²) in [5.41, 5.74) is 5.48. The van der Waals surface area contributed by atoms with Gasteiger partial charge in [0, 0.05) is 11.8 Å². The topological polar surface area (TPSA) is 104 Å². The molecule has 5 heteroatoms. The molecular formula is C13H13NO4. The van der Waals surface area contributed by atoms with E-state index in [0.717, 1.165) is 0 Å². The number of aromatic carboxylic acids is 1. The summed E-state index contributed by atoms with van der Waals surface area (Å²) in [4.78, 5) is 10.3. The Labute approximate surface area is 104 Å². The molecule has 94 valence electrons. The summed E-state index contributed by atoms with van der Waals surface area (Å²) in [6.07, 6.45) is 0. The SMILES string of the molecule is Nc1ccc(C(=O)O)c(O)c1.Oc1ccccc1. The Bertz CT molecular complexity index is 526. The van der Waals surface area contributed by atoms with Crippen molar-refractivity contribution in [1.82, 2.24) is 0 Å². The fourth-order valence-corrected chi connectivity index (χ4v) is 1.16. The molecule has 0 saturated heterocycles. The highest BCUT2D eigenvalue weighted by Crippen LogP contribution is 2.19. The number of carbonyl (C=O) groups is 1. The van der Waals surface area contributed by atoms with E-state index in [9.17, 15) is 4.79 Å². The number of hydrogen-bond donors (Lipinski definition) is 4. The van der Waals surface area contributed by atoms with Crippen LogP contribution in [0.3, 0.4) is 0 Å². The Hall–Kier alpha value is -2.69. The first-order valence-electron chi connectivity index (χ1n) is 5.06. The molecule has 2 aromatic carbocycles. The van der Waals surface area contributed by atoms with Gasteiger partial charge in [-0.25, -0.2) is 4.79 Å². The Balaban J connectivity index is 0.000000199. The van der Waals surface area contributed by atoms with Gasteiger partial charge < -0.3 is 21.1 Å². The van der Waals surface area contributed by atoms with Gasteiger partial charge in [0.15, 0.2) is 0 Å². The van der Waals surface area contributed by atoms with Crippen molar-refractivity contribution in [2.45, 2.75) is 0 Å². The van der Waals surface area contributed by atoms with Crippen LogP contribution in [0.4, 0.5) is 5.69 Å². The summed E-state index contributed by atoms with van der Waals surface area (Å²) in [7, 11) is 0. The number of rotatable bonds is 1. The maximum absolute atomic E-state index is 10.3. The molecule has 0 heterocycles. The number of benzene rings is 2. The van der Waals surface area contributed by atoms with Crippen LogP contribution in [-0.2, 0) is 0 Å². The smallest absolute Gasteiger partial charge is 0.339 e. The zero-order chi connectivity index (χ0) is 13.5. The quantitative estimate of drug-likeness (QED) is 0.577. The summed E-state index contributed by atoms with van der Waals surface area (Å²) in [5, 5.41) is 26.1. The first-order chi connectivity index (χ1) is 8.50. The van der Waals surface area contributed by atoms with Gasteiger partial charge in [0.2, 0.25) is 0 Å². The molecule has 0 aliphatic heterocycles. The molecule has 5 nitrogen and oxygen atoms in total. The van der Waals surface area contributed by atoms with Gasteiger partial charge in [-0.3, -0.25) is 0 Å². The summed E-state index contributed by atoms with van der Waals surface area (Å²) >= 11 is 0. The first-order valence-corrected chi connectivity index (χ1v) is 5.06. The van der Waals surface area contributed by atoms with Crippen molar-refractivity contribution in [2.75, 3.05) is 5.73 Å². The predicted octanol–water partition coefficient (Wildman–Crippen LogP) is 2.06. The third-order valence-electron chi connectivity index (χ3n) is 2.01. The summed E-state index contributed by atoms with van der Waals surface area (Å²) in [6.45, 7) is 0. The lowest BCUT2D eigenvalue weighted by Crippen LogP contribution is -1.97. The van der Waals surface area contributed by atoms with E-state index >= 15 is 0 Å². The highest BCUT2D eigenvalue weighted by Gasteiger charge is 2.07. The molecule has 2 rings (SSSR count). The number of anilines is 1. The molecule has 0 radical (unpaired) electrons. The van der Waals surface area contributed by atoms with Crippen molar-refractivity contribution >= 4 is 11.7 Å². The molecular weight excluding hydrogens is 234 g/mol. The van der Waals surface area contributed by atoms with Crippen LogP contribution >= 0.6 is 0 Å². The monoisotopic (exact) mass is 247 g/mol. The second kappa shape index (κ2) is 6.15. The highest BCUT2D eigenvalue weighted by molar-refractivity contribution is 5.91. The number of para-hydroxylation sites is 1. The van der Waals surface area contributed by atoms with Crippen molar-refractivity contribution in [2.24, 2.45) is 0 Å².